The number of hydrogen-bond acceptors (Lipinski definition) is 1. The fraction of sp³-hybridized carbons (Fsp3) is 0.300. The Morgan fingerprint density at radius 2 is 2.00 bits per heavy atom. The average molecular weight is 316 g/mol. The lowest BCUT2D eigenvalue weighted by Crippen LogP contribution is -2.10. The molecule has 0 radical (unpaired) electrons. The van der Waals surface area contributed by atoms with Crippen LogP contribution in [-0.4, -0.2) is 5.78 Å². The van der Waals surface area contributed by atoms with Crippen molar-refractivity contribution < 1.29 is 18.0 Å². The maximum Gasteiger partial charge on any atom is 0.418 e. The van der Waals surface area contributed by atoms with Gasteiger partial charge in [0.1, 0.15) is 0 Å². The minimum Gasteiger partial charge on any atom is -0.294 e. The molecule has 0 amide bonds. The first kappa shape index (κ1) is 13.5. The van der Waals surface area contributed by atoms with E-state index < -0.39 is 16.8 Å². The van der Waals surface area contributed by atoms with Crippen LogP contribution < -0.4 is 0 Å². The molecular weight excluding hydrogens is 308 g/mol. The molecule has 1 aromatic carbocycles. The van der Waals surface area contributed by atoms with Crippen LogP contribution in [0.25, 0.3) is 0 Å². The molecule has 88 valence electrons. The smallest absolute Gasteiger partial charge is 0.294 e. The molecule has 0 atom stereocenters. The van der Waals surface area contributed by atoms with Crippen LogP contribution in [-0.2, 0) is 6.18 Å². The highest BCUT2D eigenvalue weighted by atomic mass is 79.9. The van der Waals surface area contributed by atoms with Crippen molar-refractivity contribution in [3.63, 3.8) is 0 Å². The van der Waals surface area contributed by atoms with Gasteiger partial charge >= 0.3 is 6.18 Å². The highest BCUT2D eigenvalue weighted by Crippen LogP contribution is 2.41. The lowest BCUT2D eigenvalue weighted by Gasteiger charge is -2.13. The number of rotatable bonds is 2. The highest BCUT2D eigenvalue weighted by Gasteiger charge is 2.37. The van der Waals surface area contributed by atoms with E-state index in [1.54, 1.807) is 6.92 Å². The molecule has 0 aliphatic rings. The summed E-state index contributed by atoms with van der Waals surface area (Å²) in [6.07, 6.45) is -4.45. The molecule has 0 fully saturated rings. The van der Waals surface area contributed by atoms with Crippen LogP contribution in [0.4, 0.5) is 13.2 Å². The minimum absolute atomic E-state index is 0.000718. The van der Waals surface area contributed by atoms with E-state index in [1.165, 1.54) is 6.07 Å². The molecule has 6 heteroatoms. The van der Waals surface area contributed by atoms with Gasteiger partial charge < -0.3 is 0 Å². The molecule has 0 spiro atoms. The SMILES string of the molecule is CCC(=O)c1ccc(Cl)c(C(F)(F)F)c1Br. The Kier molecular flexibility index (Phi) is 4.02. The van der Waals surface area contributed by atoms with Crippen molar-refractivity contribution in [2.24, 2.45) is 0 Å². The number of benzene rings is 1. The molecule has 1 aromatic rings. The molecule has 1 nitrogen and oxygen atoms in total. The van der Waals surface area contributed by atoms with Crippen molar-refractivity contribution in [2.75, 3.05) is 0 Å². The molecule has 0 saturated heterocycles. The zero-order valence-electron chi connectivity index (χ0n) is 8.16. The maximum absolute atomic E-state index is 12.6. The Labute approximate surface area is 104 Å². The predicted octanol–water partition coefficient (Wildman–Crippen LogP) is 4.71. The quantitative estimate of drug-likeness (QED) is 0.722. The third kappa shape index (κ3) is 2.58. The first-order chi connectivity index (χ1) is 7.29. The standard InChI is InChI=1S/C10H7BrClF3O/c1-2-7(16)5-3-4-6(12)8(9(5)11)10(13,14)15/h3-4H,2H2,1H3. The van der Waals surface area contributed by atoms with Crippen LogP contribution in [0.3, 0.4) is 0 Å². The topological polar surface area (TPSA) is 17.1 Å². The summed E-state index contributed by atoms with van der Waals surface area (Å²) < 4.78 is 37.6. The van der Waals surface area contributed by atoms with Crippen molar-refractivity contribution in [3.8, 4) is 0 Å². The number of carbonyl (C=O) groups is 1. The second kappa shape index (κ2) is 4.75. The van der Waals surface area contributed by atoms with Crippen LogP contribution in [0, 0.1) is 0 Å². The molecule has 0 aromatic heterocycles. The normalized spacial score (nSPS) is 11.6. The van der Waals surface area contributed by atoms with Crippen LogP contribution >= 0.6 is 27.5 Å². The van der Waals surface area contributed by atoms with Gasteiger partial charge in [-0.3, -0.25) is 4.79 Å². The second-order valence-electron chi connectivity index (χ2n) is 3.06. The maximum atomic E-state index is 12.6. The first-order valence-electron chi connectivity index (χ1n) is 4.37. The van der Waals surface area contributed by atoms with Crippen LogP contribution in [0.2, 0.25) is 5.02 Å². The van der Waals surface area contributed by atoms with Gasteiger partial charge in [-0.2, -0.15) is 13.2 Å². The zero-order valence-corrected chi connectivity index (χ0v) is 10.5. The summed E-state index contributed by atoms with van der Waals surface area (Å²) in [6.45, 7) is 1.58. The Balaban J connectivity index is 3.45. The van der Waals surface area contributed by atoms with E-state index in [-0.39, 0.29) is 22.2 Å². The molecule has 16 heavy (non-hydrogen) atoms. The van der Waals surface area contributed by atoms with Crippen molar-refractivity contribution in [1.82, 2.24) is 0 Å². The van der Waals surface area contributed by atoms with Crippen LogP contribution in [0.15, 0.2) is 16.6 Å². The van der Waals surface area contributed by atoms with Gasteiger partial charge in [0.25, 0.3) is 0 Å². The monoisotopic (exact) mass is 314 g/mol. The van der Waals surface area contributed by atoms with Gasteiger partial charge in [0, 0.05) is 16.5 Å². The second-order valence-corrected chi connectivity index (χ2v) is 4.26. The van der Waals surface area contributed by atoms with E-state index in [2.05, 4.69) is 15.9 Å². The van der Waals surface area contributed by atoms with Crippen molar-refractivity contribution >= 4 is 33.3 Å². The summed E-state index contributed by atoms with van der Waals surface area (Å²) in [5, 5.41) is -0.424. The Hall–Kier alpha value is -0.550. The number of Topliss-reactive ketones (excluding diaryl/α,β-unsaturated/α-hetero) is 1. The van der Waals surface area contributed by atoms with Gasteiger partial charge in [0.2, 0.25) is 0 Å². The van der Waals surface area contributed by atoms with E-state index in [4.69, 9.17) is 11.6 Å². The number of halogens is 5. The van der Waals surface area contributed by atoms with E-state index in [0.717, 1.165) is 6.07 Å². The molecule has 0 heterocycles. The van der Waals surface area contributed by atoms with E-state index in [9.17, 15) is 18.0 Å². The summed E-state index contributed by atoms with van der Waals surface area (Å²) in [6, 6.07) is 2.37. The number of ketones is 1. The number of alkyl halides is 3. The minimum atomic E-state index is -4.58. The van der Waals surface area contributed by atoms with Gasteiger partial charge in [0.05, 0.1) is 10.6 Å². The predicted molar refractivity (Wildman–Crippen MR) is 58.8 cm³/mol. The third-order valence-electron chi connectivity index (χ3n) is 2.00. The number of hydrogen-bond donors (Lipinski definition) is 0. The number of carbonyl (C=O) groups excluding carboxylic acids is 1. The van der Waals surface area contributed by atoms with Crippen molar-refractivity contribution in [3.05, 3.63) is 32.8 Å². The molecule has 0 unspecified atom stereocenters. The molecular formula is C10H7BrClF3O. The van der Waals surface area contributed by atoms with Gasteiger partial charge in [0.15, 0.2) is 5.78 Å². The third-order valence-corrected chi connectivity index (χ3v) is 3.13. The fourth-order valence-electron chi connectivity index (χ4n) is 1.22. The van der Waals surface area contributed by atoms with Crippen molar-refractivity contribution in [1.29, 1.82) is 0 Å². The van der Waals surface area contributed by atoms with Crippen LogP contribution in [0.1, 0.15) is 29.3 Å². The largest absolute Gasteiger partial charge is 0.418 e. The van der Waals surface area contributed by atoms with Crippen LogP contribution in [0.5, 0.6) is 0 Å². The Morgan fingerprint density at radius 1 is 1.44 bits per heavy atom. The van der Waals surface area contributed by atoms with Gasteiger partial charge in [-0.15, -0.1) is 0 Å². The van der Waals surface area contributed by atoms with E-state index in [1.807, 2.05) is 0 Å². The fourth-order valence-corrected chi connectivity index (χ4v) is 2.39. The van der Waals surface area contributed by atoms with Gasteiger partial charge in [-0.05, 0) is 28.1 Å². The lowest BCUT2D eigenvalue weighted by atomic mass is 10.1. The first-order valence-corrected chi connectivity index (χ1v) is 5.54. The summed E-state index contributed by atoms with van der Waals surface area (Å²) >= 11 is 8.26. The summed E-state index contributed by atoms with van der Waals surface area (Å²) in [5.74, 6) is -0.367. The molecule has 0 saturated carbocycles. The lowest BCUT2D eigenvalue weighted by molar-refractivity contribution is -0.138. The highest BCUT2D eigenvalue weighted by molar-refractivity contribution is 9.10. The molecule has 0 aliphatic carbocycles. The van der Waals surface area contributed by atoms with Gasteiger partial charge in [-0.25, -0.2) is 0 Å². The van der Waals surface area contributed by atoms with Crippen molar-refractivity contribution in [2.45, 2.75) is 19.5 Å². The Morgan fingerprint density at radius 3 is 2.44 bits per heavy atom. The van der Waals surface area contributed by atoms with E-state index in [0.29, 0.717) is 0 Å². The molecule has 1 rings (SSSR count). The zero-order chi connectivity index (χ0) is 12.5. The van der Waals surface area contributed by atoms with Gasteiger partial charge in [-0.1, -0.05) is 18.5 Å². The Bertz CT molecular complexity index is 429. The average Bonchev–Trinajstić information content (AvgIpc) is 2.14. The van der Waals surface area contributed by atoms with E-state index >= 15 is 0 Å². The molecule has 0 N–H and O–H groups in total. The summed E-state index contributed by atoms with van der Waals surface area (Å²) in [7, 11) is 0. The molecule has 0 aliphatic heterocycles. The summed E-state index contributed by atoms with van der Waals surface area (Å²) in [4.78, 5) is 11.4. The molecule has 0 bridgehead atoms. The summed E-state index contributed by atoms with van der Waals surface area (Å²) in [5.41, 5.74) is -1.01.